The van der Waals surface area contributed by atoms with Crippen molar-refractivity contribution < 1.29 is 4.74 Å². The first-order valence-corrected chi connectivity index (χ1v) is 8.88. The van der Waals surface area contributed by atoms with Crippen LogP contribution >= 0.6 is 23.2 Å². The van der Waals surface area contributed by atoms with Gasteiger partial charge in [0.25, 0.3) is 0 Å². The van der Waals surface area contributed by atoms with Gasteiger partial charge in [-0.05, 0) is 25.1 Å². The highest BCUT2D eigenvalue weighted by molar-refractivity contribution is 6.36. The van der Waals surface area contributed by atoms with Crippen LogP contribution in [0.15, 0.2) is 24.5 Å². The Balaban J connectivity index is 1.84. The Kier molecular flexibility index (Phi) is 5.79. The highest BCUT2D eigenvalue weighted by Gasteiger charge is 2.19. The number of rotatable bonds is 5. The molecule has 2 N–H and O–H groups in total. The van der Waals surface area contributed by atoms with Crippen LogP contribution in [0.4, 0.5) is 0 Å². The average Bonchev–Trinajstić information content (AvgIpc) is 2.98. The summed E-state index contributed by atoms with van der Waals surface area (Å²) in [6.45, 7) is 7.31. The molecule has 1 atom stereocenters. The van der Waals surface area contributed by atoms with Crippen molar-refractivity contribution in [2.75, 3.05) is 32.8 Å². The van der Waals surface area contributed by atoms with Gasteiger partial charge in [-0.25, -0.2) is 4.98 Å². The van der Waals surface area contributed by atoms with Gasteiger partial charge in [-0.15, -0.1) is 0 Å². The van der Waals surface area contributed by atoms with Gasteiger partial charge < -0.3 is 15.0 Å². The lowest BCUT2D eigenvalue weighted by atomic mass is 10.1. The molecular weight excluding hydrogens is 347 g/mol. The zero-order chi connectivity index (χ0) is 17.1. The van der Waals surface area contributed by atoms with Crippen LogP contribution in [0.1, 0.15) is 18.7 Å². The quantitative estimate of drug-likeness (QED) is 0.880. The van der Waals surface area contributed by atoms with Crippen LogP contribution in [0, 0.1) is 0 Å². The summed E-state index contributed by atoms with van der Waals surface area (Å²) in [5, 5.41) is 1.20. The summed E-state index contributed by atoms with van der Waals surface area (Å²) >= 11 is 12.3. The minimum Gasteiger partial charge on any atom is -0.379 e. The van der Waals surface area contributed by atoms with E-state index in [1.54, 1.807) is 6.07 Å². The van der Waals surface area contributed by atoms with E-state index in [1.165, 1.54) is 0 Å². The van der Waals surface area contributed by atoms with Crippen molar-refractivity contribution >= 4 is 23.2 Å². The minimum absolute atomic E-state index is 0.140. The van der Waals surface area contributed by atoms with Crippen LogP contribution in [0.3, 0.4) is 0 Å². The molecule has 0 bridgehead atoms. The zero-order valence-corrected chi connectivity index (χ0v) is 15.2. The topological polar surface area (TPSA) is 56.3 Å². The van der Waals surface area contributed by atoms with Crippen molar-refractivity contribution in [1.29, 1.82) is 0 Å². The van der Waals surface area contributed by atoms with Crippen molar-refractivity contribution in [3.8, 4) is 11.3 Å². The SMILES string of the molecule is CC(N)c1c(-c2ccc(Cl)cc2Cl)ncn1CCN1CCOCC1. The monoisotopic (exact) mass is 368 g/mol. The Labute approximate surface area is 152 Å². The molecule has 2 heterocycles. The molecule has 0 spiro atoms. The van der Waals surface area contributed by atoms with Crippen molar-refractivity contribution in [3.05, 3.63) is 40.3 Å². The number of hydrogen-bond acceptors (Lipinski definition) is 4. The molecule has 130 valence electrons. The molecule has 24 heavy (non-hydrogen) atoms. The highest BCUT2D eigenvalue weighted by Crippen LogP contribution is 2.33. The molecule has 0 aliphatic carbocycles. The first-order chi connectivity index (χ1) is 11.6. The van der Waals surface area contributed by atoms with Gasteiger partial charge in [0.2, 0.25) is 0 Å². The van der Waals surface area contributed by atoms with Crippen LogP contribution in [0.2, 0.25) is 10.0 Å². The number of benzene rings is 1. The number of nitrogens with two attached hydrogens (primary N) is 1. The Morgan fingerprint density at radius 3 is 2.67 bits per heavy atom. The lowest BCUT2D eigenvalue weighted by molar-refractivity contribution is 0.0363. The maximum atomic E-state index is 6.35. The molecule has 1 aliphatic heterocycles. The van der Waals surface area contributed by atoms with Gasteiger partial charge in [0, 0.05) is 42.8 Å². The largest absolute Gasteiger partial charge is 0.379 e. The average molecular weight is 369 g/mol. The van der Waals surface area contributed by atoms with E-state index >= 15 is 0 Å². The summed E-state index contributed by atoms with van der Waals surface area (Å²) in [7, 11) is 0. The van der Waals surface area contributed by atoms with Crippen LogP contribution in [-0.2, 0) is 11.3 Å². The number of aromatic nitrogens is 2. The fraction of sp³-hybridized carbons (Fsp3) is 0.471. The molecule has 3 rings (SSSR count). The molecule has 1 aromatic carbocycles. The predicted molar refractivity (Wildman–Crippen MR) is 97.5 cm³/mol. The van der Waals surface area contributed by atoms with Crippen LogP contribution in [-0.4, -0.2) is 47.3 Å². The summed E-state index contributed by atoms with van der Waals surface area (Å²) in [4.78, 5) is 6.97. The van der Waals surface area contributed by atoms with Gasteiger partial charge in [0.15, 0.2) is 0 Å². The molecular formula is C17H22Cl2N4O. The van der Waals surface area contributed by atoms with E-state index in [0.29, 0.717) is 10.0 Å². The second-order valence-corrected chi connectivity index (χ2v) is 6.88. The van der Waals surface area contributed by atoms with E-state index in [9.17, 15) is 0 Å². The first-order valence-electron chi connectivity index (χ1n) is 8.12. The third kappa shape index (κ3) is 3.92. The predicted octanol–water partition coefficient (Wildman–Crippen LogP) is 3.21. The van der Waals surface area contributed by atoms with E-state index in [4.69, 9.17) is 33.7 Å². The van der Waals surface area contributed by atoms with Crippen molar-refractivity contribution in [1.82, 2.24) is 14.5 Å². The Bertz CT molecular complexity index is 696. The van der Waals surface area contributed by atoms with Gasteiger partial charge in [-0.1, -0.05) is 23.2 Å². The van der Waals surface area contributed by atoms with Gasteiger partial charge in [0.1, 0.15) is 0 Å². The van der Waals surface area contributed by atoms with Crippen molar-refractivity contribution in [3.63, 3.8) is 0 Å². The summed E-state index contributed by atoms with van der Waals surface area (Å²) in [6, 6.07) is 5.31. The van der Waals surface area contributed by atoms with Crippen molar-refractivity contribution in [2.45, 2.75) is 19.5 Å². The molecule has 1 fully saturated rings. The summed E-state index contributed by atoms with van der Waals surface area (Å²) in [5.41, 5.74) is 8.90. The number of morpholine rings is 1. The number of hydrogen-bond donors (Lipinski definition) is 1. The minimum atomic E-state index is -0.140. The molecule has 2 aromatic rings. The second-order valence-electron chi connectivity index (χ2n) is 6.04. The maximum Gasteiger partial charge on any atom is 0.0956 e. The molecule has 0 saturated carbocycles. The highest BCUT2D eigenvalue weighted by atomic mass is 35.5. The van der Waals surface area contributed by atoms with E-state index in [1.807, 2.05) is 25.4 Å². The smallest absolute Gasteiger partial charge is 0.0956 e. The third-order valence-corrected chi connectivity index (χ3v) is 4.80. The van der Waals surface area contributed by atoms with Crippen LogP contribution < -0.4 is 5.73 Å². The summed E-state index contributed by atoms with van der Waals surface area (Å²) in [5.74, 6) is 0. The summed E-state index contributed by atoms with van der Waals surface area (Å²) in [6.07, 6.45) is 1.85. The third-order valence-electron chi connectivity index (χ3n) is 4.26. The van der Waals surface area contributed by atoms with E-state index in [0.717, 1.165) is 56.3 Å². The molecule has 1 aromatic heterocycles. The zero-order valence-electron chi connectivity index (χ0n) is 13.7. The number of imidazole rings is 1. The Morgan fingerprint density at radius 2 is 2.00 bits per heavy atom. The molecule has 0 amide bonds. The maximum absolute atomic E-state index is 6.35. The molecule has 0 radical (unpaired) electrons. The fourth-order valence-electron chi connectivity index (χ4n) is 3.01. The number of ether oxygens (including phenoxy) is 1. The Hall–Kier alpha value is -1.11. The van der Waals surface area contributed by atoms with Crippen LogP contribution in [0.25, 0.3) is 11.3 Å². The normalized spacial score (nSPS) is 17.2. The van der Waals surface area contributed by atoms with E-state index in [2.05, 4.69) is 14.5 Å². The van der Waals surface area contributed by atoms with Gasteiger partial charge in [0.05, 0.1) is 36.0 Å². The molecule has 1 saturated heterocycles. The molecule has 5 nitrogen and oxygen atoms in total. The first kappa shape index (κ1) is 17.7. The fourth-order valence-corrected chi connectivity index (χ4v) is 3.51. The van der Waals surface area contributed by atoms with Gasteiger partial charge in [-0.2, -0.15) is 0 Å². The lowest BCUT2D eigenvalue weighted by Crippen LogP contribution is -2.38. The second kappa shape index (κ2) is 7.85. The molecule has 7 heteroatoms. The number of halogens is 2. The van der Waals surface area contributed by atoms with E-state index < -0.39 is 0 Å². The van der Waals surface area contributed by atoms with Gasteiger partial charge in [-0.3, -0.25) is 4.90 Å². The van der Waals surface area contributed by atoms with Gasteiger partial charge >= 0.3 is 0 Å². The van der Waals surface area contributed by atoms with E-state index in [-0.39, 0.29) is 6.04 Å². The Morgan fingerprint density at radius 1 is 1.25 bits per heavy atom. The molecule has 1 unspecified atom stereocenters. The lowest BCUT2D eigenvalue weighted by Gasteiger charge is -2.27. The molecule has 1 aliphatic rings. The van der Waals surface area contributed by atoms with Crippen LogP contribution in [0.5, 0.6) is 0 Å². The standard InChI is InChI=1S/C17H22Cl2N4O/c1-12(20)17-16(14-3-2-13(18)10-15(14)19)21-11-23(17)5-4-22-6-8-24-9-7-22/h2-3,10-12H,4-9,20H2,1H3. The van der Waals surface area contributed by atoms with Crippen molar-refractivity contribution in [2.24, 2.45) is 5.73 Å². The summed E-state index contributed by atoms with van der Waals surface area (Å²) < 4.78 is 7.52. The number of nitrogens with zero attached hydrogens (tertiary/aromatic N) is 3.